The highest BCUT2D eigenvalue weighted by Gasteiger charge is 2.21. The minimum absolute atomic E-state index is 0.191. The molecule has 1 atom stereocenters. The van der Waals surface area contributed by atoms with E-state index >= 15 is 0 Å². The lowest BCUT2D eigenvalue weighted by Crippen LogP contribution is -2.43. The van der Waals surface area contributed by atoms with Crippen LogP contribution in [0.15, 0.2) is 24.3 Å². The highest BCUT2D eigenvalue weighted by atomic mass is 32.2. The van der Waals surface area contributed by atoms with Crippen LogP contribution in [0.2, 0.25) is 0 Å². The first-order chi connectivity index (χ1) is 8.70. The van der Waals surface area contributed by atoms with E-state index in [2.05, 4.69) is 11.8 Å². The zero-order valence-corrected chi connectivity index (χ0v) is 11.7. The normalized spacial score (nSPS) is 20.7. The number of carbonyl (C=O) groups excluding carboxylic acids is 1. The van der Waals surface area contributed by atoms with Crippen molar-refractivity contribution in [3.05, 3.63) is 29.8 Å². The van der Waals surface area contributed by atoms with Crippen molar-refractivity contribution in [1.82, 2.24) is 4.90 Å². The Kier molecular flexibility index (Phi) is 4.66. The van der Waals surface area contributed by atoms with E-state index in [1.165, 1.54) is 0 Å². The van der Waals surface area contributed by atoms with Crippen molar-refractivity contribution in [2.24, 2.45) is 0 Å². The average Bonchev–Trinajstić information content (AvgIpc) is 2.41. The lowest BCUT2D eigenvalue weighted by molar-refractivity contribution is 0.0911. The summed E-state index contributed by atoms with van der Waals surface area (Å²) < 4.78 is 5.09. The fourth-order valence-corrected chi connectivity index (χ4v) is 3.13. The molecular weight excluding hydrogens is 246 g/mol. The van der Waals surface area contributed by atoms with Gasteiger partial charge in [-0.05, 0) is 31.2 Å². The van der Waals surface area contributed by atoms with E-state index in [0.29, 0.717) is 12.6 Å². The van der Waals surface area contributed by atoms with Crippen molar-refractivity contribution in [2.45, 2.75) is 13.0 Å². The molecule has 0 aliphatic carbocycles. The number of ketones is 1. The molecule has 18 heavy (non-hydrogen) atoms. The smallest absolute Gasteiger partial charge is 0.176 e. The highest BCUT2D eigenvalue weighted by Crippen LogP contribution is 2.17. The molecule has 1 aliphatic heterocycles. The van der Waals surface area contributed by atoms with Crippen LogP contribution in [0.4, 0.5) is 0 Å². The molecule has 2 rings (SSSR count). The largest absolute Gasteiger partial charge is 0.497 e. The Bertz CT molecular complexity index is 405. The predicted octanol–water partition coefficient (Wildman–Crippen LogP) is 2.32. The van der Waals surface area contributed by atoms with Gasteiger partial charge in [-0.3, -0.25) is 9.69 Å². The number of carbonyl (C=O) groups is 1. The third-order valence-electron chi connectivity index (χ3n) is 3.26. The molecule has 98 valence electrons. The Morgan fingerprint density at radius 1 is 1.44 bits per heavy atom. The summed E-state index contributed by atoms with van der Waals surface area (Å²) >= 11 is 1.97. The summed E-state index contributed by atoms with van der Waals surface area (Å²) in [5.41, 5.74) is 0.765. The van der Waals surface area contributed by atoms with Gasteiger partial charge >= 0.3 is 0 Å². The molecule has 0 bridgehead atoms. The molecule has 0 radical (unpaired) electrons. The van der Waals surface area contributed by atoms with Crippen LogP contribution in [0.25, 0.3) is 0 Å². The van der Waals surface area contributed by atoms with Crippen LogP contribution >= 0.6 is 11.8 Å². The van der Waals surface area contributed by atoms with Gasteiger partial charge in [0.25, 0.3) is 0 Å². The van der Waals surface area contributed by atoms with Gasteiger partial charge in [-0.1, -0.05) is 0 Å². The van der Waals surface area contributed by atoms with Crippen molar-refractivity contribution in [3.63, 3.8) is 0 Å². The number of thioether (sulfide) groups is 1. The molecule has 0 aromatic heterocycles. The lowest BCUT2D eigenvalue weighted by Gasteiger charge is -2.32. The molecule has 4 heteroatoms. The van der Waals surface area contributed by atoms with Gasteiger partial charge in [0.2, 0.25) is 0 Å². The van der Waals surface area contributed by atoms with Crippen LogP contribution in [0.1, 0.15) is 17.3 Å². The zero-order valence-electron chi connectivity index (χ0n) is 10.9. The van der Waals surface area contributed by atoms with Crippen molar-refractivity contribution in [3.8, 4) is 5.75 Å². The number of benzene rings is 1. The summed E-state index contributed by atoms with van der Waals surface area (Å²) in [6.45, 7) is 3.72. The predicted molar refractivity (Wildman–Crippen MR) is 75.7 cm³/mol. The molecule has 1 aliphatic rings. The maximum Gasteiger partial charge on any atom is 0.176 e. The molecule has 0 N–H and O–H groups in total. The van der Waals surface area contributed by atoms with E-state index in [1.54, 1.807) is 7.11 Å². The Labute approximate surface area is 113 Å². The summed E-state index contributed by atoms with van der Waals surface area (Å²) in [6, 6.07) is 7.84. The topological polar surface area (TPSA) is 29.5 Å². The Morgan fingerprint density at radius 3 is 2.78 bits per heavy atom. The number of methoxy groups -OCH3 is 1. The third-order valence-corrected chi connectivity index (χ3v) is 4.45. The Balaban J connectivity index is 1.97. The van der Waals surface area contributed by atoms with Crippen molar-refractivity contribution in [2.75, 3.05) is 31.7 Å². The Hall–Kier alpha value is -1.00. The van der Waals surface area contributed by atoms with Crippen LogP contribution in [0, 0.1) is 0 Å². The van der Waals surface area contributed by atoms with Gasteiger partial charge in [-0.25, -0.2) is 0 Å². The third kappa shape index (κ3) is 3.27. The van der Waals surface area contributed by atoms with Gasteiger partial charge in [0, 0.05) is 29.7 Å². The van der Waals surface area contributed by atoms with Crippen LogP contribution in [0.3, 0.4) is 0 Å². The number of Topliss-reactive ketones (excluding diaryl/α,β-unsaturated/α-hetero) is 1. The number of hydrogen-bond donors (Lipinski definition) is 0. The van der Waals surface area contributed by atoms with Crippen molar-refractivity contribution in [1.29, 1.82) is 0 Å². The molecule has 1 unspecified atom stereocenters. The summed E-state index contributed by atoms with van der Waals surface area (Å²) in [6.07, 6.45) is 0. The summed E-state index contributed by atoms with van der Waals surface area (Å²) in [4.78, 5) is 14.4. The van der Waals surface area contributed by atoms with Gasteiger partial charge in [0.15, 0.2) is 5.78 Å². The second kappa shape index (κ2) is 6.25. The molecule has 0 saturated carbocycles. The first-order valence-corrected chi connectivity index (χ1v) is 7.35. The molecular formula is C14H19NO2S. The maximum atomic E-state index is 12.2. The second-order valence-electron chi connectivity index (χ2n) is 4.55. The van der Waals surface area contributed by atoms with Gasteiger partial charge in [-0.15, -0.1) is 0 Å². The maximum absolute atomic E-state index is 12.2. The van der Waals surface area contributed by atoms with E-state index in [1.807, 2.05) is 36.0 Å². The van der Waals surface area contributed by atoms with E-state index < -0.39 is 0 Å². The van der Waals surface area contributed by atoms with Gasteiger partial charge in [-0.2, -0.15) is 11.8 Å². The van der Waals surface area contributed by atoms with Gasteiger partial charge in [0.05, 0.1) is 13.7 Å². The molecule has 0 spiro atoms. The summed E-state index contributed by atoms with van der Waals surface area (Å²) in [7, 11) is 1.63. The van der Waals surface area contributed by atoms with E-state index in [-0.39, 0.29) is 5.78 Å². The standard InChI is InChI=1S/C14H19NO2S/c1-11-10-18-8-7-15(11)9-14(16)12-3-5-13(17-2)6-4-12/h3-6,11H,7-10H2,1-2H3. The van der Waals surface area contributed by atoms with Gasteiger partial charge < -0.3 is 4.74 Å². The summed E-state index contributed by atoms with van der Waals surface area (Å²) in [5.74, 6) is 3.22. The Morgan fingerprint density at radius 2 is 2.17 bits per heavy atom. The van der Waals surface area contributed by atoms with Crippen LogP contribution in [0.5, 0.6) is 5.75 Å². The fraction of sp³-hybridized carbons (Fsp3) is 0.500. The van der Waals surface area contributed by atoms with Crippen molar-refractivity contribution < 1.29 is 9.53 Å². The molecule has 1 aromatic rings. The first-order valence-electron chi connectivity index (χ1n) is 6.20. The van der Waals surface area contributed by atoms with E-state index in [9.17, 15) is 4.79 Å². The molecule has 1 fully saturated rings. The minimum Gasteiger partial charge on any atom is -0.497 e. The van der Waals surface area contributed by atoms with Crippen LogP contribution in [-0.2, 0) is 0 Å². The summed E-state index contributed by atoms with van der Waals surface area (Å²) in [5, 5.41) is 0. The van der Waals surface area contributed by atoms with E-state index in [0.717, 1.165) is 29.4 Å². The lowest BCUT2D eigenvalue weighted by atomic mass is 10.1. The average molecular weight is 265 g/mol. The van der Waals surface area contributed by atoms with Crippen LogP contribution in [-0.4, -0.2) is 48.4 Å². The zero-order chi connectivity index (χ0) is 13.0. The number of hydrogen-bond acceptors (Lipinski definition) is 4. The molecule has 1 saturated heterocycles. The highest BCUT2D eigenvalue weighted by molar-refractivity contribution is 7.99. The number of rotatable bonds is 4. The number of ether oxygens (including phenoxy) is 1. The first kappa shape index (κ1) is 13.4. The molecule has 0 amide bonds. The molecule has 1 aromatic carbocycles. The van der Waals surface area contributed by atoms with Crippen molar-refractivity contribution >= 4 is 17.5 Å². The fourth-order valence-electron chi connectivity index (χ4n) is 2.05. The molecule has 3 nitrogen and oxygen atoms in total. The SMILES string of the molecule is COc1ccc(C(=O)CN2CCSCC2C)cc1. The quantitative estimate of drug-likeness (QED) is 0.781. The van der Waals surface area contributed by atoms with Crippen LogP contribution < -0.4 is 4.74 Å². The number of nitrogens with zero attached hydrogens (tertiary/aromatic N) is 1. The monoisotopic (exact) mass is 265 g/mol. The van der Waals surface area contributed by atoms with E-state index in [4.69, 9.17) is 4.74 Å². The molecule has 1 heterocycles. The second-order valence-corrected chi connectivity index (χ2v) is 5.70. The van der Waals surface area contributed by atoms with Gasteiger partial charge in [0.1, 0.15) is 5.75 Å². The minimum atomic E-state index is 0.191.